The second-order valence-corrected chi connectivity index (χ2v) is 9.54. The lowest BCUT2D eigenvalue weighted by Gasteiger charge is -2.37. The van der Waals surface area contributed by atoms with Crippen molar-refractivity contribution in [1.82, 2.24) is 9.80 Å². The van der Waals surface area contributed by atoms with Crippen LogP contribution in [0.1, 0.15) is 48.5 Å². The fourth-order valence-electron chi connectivity index (χ4n) is 3.03. The zero-order chi connectivity index (χ0) is 18.4. The minimum Gasteiger partial charge on any atom is -0.371 e. The van der Waals surface area contributed by atoms with Crippen molar-refractivity contribution < 1.29 is 13.3 Å². The van der Waals surface area contributed by atoms with Crippen molar-refractivity contribution in [3.05, 3.63) is 11.4 Å². The molecule has 24 heavy (non-hydrogen) atoms. The summed E-state index contributed by atoms with van der Waals surface area (Å²) in [6.07, 6.45) is 0. The molecule has 0 aliphatic heterocycles. The van der Waals surface area contributed by atoms with Crippen molar-refractivity contribution in [1.29, 1.82) is 0 Å². The van der Waals surface area contributed by atoms with Gasteiger partial charge in [0, 0.05) is 25.6 Å². The molecular formula is C17H40N2O3Si2. The maximum atomic E-state index is 5.92. The maximum Gasteiger partial charge on any atom is 0.528 e. The molecule has 5 nitrogen and oxygen atoms in total. The largest absolute Gasteiger partial charge is 0.528 e. The van der Waals surface area contributed by atoms with Crippen LogP contribution in [-0.2, 0) is 13.3 Å². The summed E-state index contributed by atoms with van der Waals surface area (Å²) < 4.78 is 17.8. The number of nitrogens with zero attached hydrogens (tertiary/aromatic N) is 2. The molecule has 0 unspecified atom stereocenters. The van der Waals surface area contributed by atoms with Crippen molar-refractivity contribution in [2.45, 2.75) is 54.3 Å². The van der Waals surface area contributed by atoms with Gasteiger partial charge in [-0.1, -0.05) is 33.4 Å². The molecule has 0 heterocycles. The van der Waals surface area contributed by atoms with E-state index in [2.05, 4.69) is 48.9 Å². The highest BCUT2D eigenvalue weighted by Crippen LogP contribution is 2.13. The molecule has 0 bridgehead atoms. The van der Waals surface area contributed by atoms with E-state index in [-0.39, 0.29) is 0 Å². The van der Waals surface area contributed by atoms with Gasteiger partial charge in [0.1, 0.15) is 0 Å². The van der Waals surface area contributed by atoms with E-state index in [1.54, 1.807) is 0 Å². The SMILES string of the molecule is CCO[Si](C=C[SiH2]C(N(CC)CC)N(CC)CC)(OCC)OCC. The van der Waals surface area contributed by atoms with Gasteiger partial charge in [0.2, 0.25) is 0 Å². The van der Waals surface area contributed by atoms with Crippen molar-refractivity contribution in [2.24, 2.45) is 0 Å². The van der Waals surface area contributed by atoms with E-state index >= 15 is 0 Å². The fourth-order valence-corrected chi connectivity index (χ4v) is 8.34. The van der Waals surface area contributed by atoms with Crippen LogP contribution >= 0.6 is 0 Å². The van der Waals surface area contributed by atoms with Gasteiger partial charge in [-0.15, -0.1) is 0 Å². The normalized spacial score (nSPS) is 13.6. The second-order valence-electron chi connectivity index (χ2n) is 5.46. The van der Waals surface area contributed by atoms with Crippen molar-refractivity contribution in [3.63, 3.8) is 0 Å². The Kier molecular flexibility index (Phi) is 14.2. The summed E-state index contributed by atoms with van der Waals surface area (Å²) in [5.41, 5.74) is 4.48. The molecule has 0 aromatic heterocycles. The van der Waals surface area contributed by atoms with Gasteiger partial charge < -0.3 is 13.3 Å². The molecule has 0 saturated carbocycles. The lowest BCUT2D eigenvalue weighted by molar-refractivity contribution is 0.0843. The molecule has 144 valence electrons. The molecule has 0 aliphatic rings. The molecule has 0 rings (SSSR count). The fraction of sp³-hybridized carbons (Fsp3) is 0.882. The van der Waals surface area contributed by atoms with Crippen LogP contribution in [0, 0.1) is 0 Å². The van der Waals surface area contributed by atoms with Crippen LogP contribution in [0.3, 0.4) is 0 Å². The van der Waals surface area contributed by atoms with Crippen LogP contribution in [-0.4, -0.2) is 79.9 Å². The molecule has 0 atom stereocenters. The lowest BCUT2D eigenvalue weighted by Crippen LogP contribution is -2.52. The first kappa shape index (κ1) is 24.0. The Morgan fingerprint density at radius 3 is 1.42 bits per heavy atom. The van der Waals surface area contributed by atoms with Crippen LogP contribution < -0.4 is 0 Å². The predicted molar refractivity (Wildman–Crippen MR) is 108 cm³/mol. The third kappa shape index (κ3) is 7.90. The zero-order valence-corrected chi connectivity index (χ0v) is 19.4. The molecule has 0 saturated heterocycles. The van der Waals surface area contributed by atoms with E-state index in [1.807, 2.05) is 20.8 Å². The molecule has 0 N–H and O–H groups in total. The Morgan fingerprint density at radius 1 is 0.750 bits per heavy atom. The zero-order valence-electron chi connectivity index (χ0n) is 17.0. The Bertz CT molecular complexity index is 296. The van der Waals surface area contributed by atoms with E-state index in [0.717, 1.165) is 26.2 Å². The summed E-state index contributed by atoms with van der Waals surface area (Å²) in [6, 6.07) is 0. The van der Waals surface area contributed by atoms with Crippen LogP contribution in [0.15, 0.2) is 11.4 Å². The summed E-state index contributed by atoms with van der Waals surface area (Å²) in [5.74, 6) is 0.544. The van der Waals surface area contributed by atoms with Crippen molar-refractivity contribution in [2.75, 3.05) is 46.0 Å². The third-order valence-electron chi connectivity index (χ3n) is 4.17. The number of rotatable bonds is 15. The molecule has 0 radical (unpaired) electrons. The molecule has 0 aromatic rings. The van der Waals surface area contributed by atoms with E-state index < -0.39 is 18.3 Å². The highest BCUT2D eigenvalue weighted by atomic mass is 28.4. The predicted octanol–water partition coefficient (Wildman–Crippen LogP) is 2.22. The van der Waals surface area contributed by atoms with E-state index in [9.17, 15) is 0 Å². The second kappa shape index (κ2) is 14.2. The Labute approximate surface area is 153 Å². The van der Waals surface area contributed by atoms with Gasteiger partial charge in [-0.05, 0) is 52.6 Å². The van der Waals surface area contributed by atoms with Crippen LogP contribution in [0.25, 0.3) is 0 Å². The average molecular weight is 377 g/mol. The first-order valence-corrected chi connectivity index (χ1v) is 13.1. The minimum atomic E-state index is -2.66. The molecule has 0 fully saturated rings. The summed E-state index contributed by atoms with van der Waals surface area (Å²) in [6.45, 7) is 21.2. The lowest BCUT2D eigenvalue weighted by atomic mass is 10.5. The molecular weight excluding hydrogens is 336 g/mol. The van der Waals surface area contributed by atoms with Crippen LogP contribution in [0.4, 0.5) is 0 Å². The molecule has 0 amide bonds. The minimum absolute atomic E-state index is 0.478. The Morgan fingerprint density at radius 2 is 1.12 bits per heavy atom. The molecule has 0 aliphatic carbocycles. The molecule has 0 aromatic carbocycles. The summed E-state index contributed by atoms with van der Waals surface area (Å²) in [7, 11) is -3.13. The average Bonchev–Trinajstić information content (AvgIpc) is 2.57. The van der Waals surface area contributed by atoms with Gasteiger partial charge in [-0.3, -0.25) is 9.80 Å². The summed E-state index contributed by atoms with van der Waals surface area (Å²) in [5, 5.41) is 0. The highest BCUT2D eigenvalue weighted by molar-refractivity contribution is 6.67. The van der Waals surface area contributed by atoms with E-state index in [0.29, 0.717) is 25.6 Å². The number of hydrogen-bond donors (Lipinski definition) is 0. The highest BCUT2D eigenvalue weighted by Gasteiger charge is 2.37. The summed E-state index contributed by atoms with van der Waals surface area (Å²) in [4.78, 5) is 5.13. The Balaban J connectivity index is 5.20. The Hall–Kier alpha value is -0.0262. The maximum absolute atomic E-state index is 5.92. The quantitative estimate of drug-likeness (QED) is 0.323. The van der Waals surface area contributed by atoms with Crippen LogP contribution in [0.2, 0.25) is 0 Å². The first-order valence-electron chi connectivity index (χ1n) is 9.65. The van der Waals surface area contributed by atoms with Gasteiger partial charge in [0.15, 0.2) is 0 Å². The standard InChI is InChI=1S/C17H40N2O3Si2/c1-8-18(9-2)17(19(10-3)11-4)23-15-16-24(20-12-5,21-13-6)22-14-7/h15-17H,8-14,23H2,1-7H3. The molecule has 0 spiro atoms. The topological polar surface area (TPSA) is 34.2 Å². The monoisotopic (exact) mass is 376 g/mol. The van der Waals surface area contributed by atoms with Crippen molar-refractivity contribution in [3.8, 4) is 0 Å². The van der Waals surface area contributed by atoms with Gasteiger partial charge in [-0.2, -0.15) is 0 Å². The van der Waals surface area contributed by atoms with Gasteiger partial charge in [-0.25, -0.2) is 0 Å². The number of hydrogen-bond acceptors (Lipinski definition) is 5. The summed E-state index contributed by atoms with van der Waals surface area (Å²) >= 11 is 0. The smallest absolute Gasteiger partial charge is 0.371 e. The first-order chi connectivity index (χ1) is 11.6. The van der Waals surface area contributed by atoms with E-state index in [1.165, 1.54) is 0 Å². The van der Waals surface area contributed by atoms with Crippen molar-refractivity contribution >= 4 is 18.3 Å². The third-order valence-corrected chi connectivity index (χ3v) is 9.32. The van der Waals surface area contributed by atoms with Gasteiger partial charge in [0.25, 0.3) is 0 Å². The molecule has 7 heteroatoms. The van der Waals surface area contributed by atoms with Gasteiger partial charge >= 0.3 is 8.80 Å². The van der Waals surface area contributed by atoms with Crippen LogP contribution in [0.5, 0.6) is 0 Å². The van der Waals surface area contributed by atoms with Gasteiger partial charge in [0.05, 0.1) is 9.52 Å². The van der Waals surface area contributed by atoms with E-state index in [4.69, 9.17) is 13.3 Å².